The second-order valence-corrected chi connectivity index (χ2v) is 4.64. The molecule has 2 N–H and O–H groups in total. The van der Waals surface area contributed by atoms with Gasteiger partial charge in [0.05, 0.1) is 0 Å². The van der Waals surface area contributed by atoms with E-state index >= 15 is 0 Å². The Balaban J connectivity index is 1.71. The van der Waals surface area contributed by atoms with Crippen LogP contribution in [0, 0.1) is 0 Å². The molecule has 0 radical (unpaired) electrons. The van der Waals surface area contributed by atoms with Crippen LogP contribution in [-0.2, 0) is 4.79 Å². The molecule has 2 aliphatic heterocycles. The summed E-state index contributed by atoms with van der Waals surface area (Å²) in [5.41, 5.74) is 0. The van der Waals surface area contributed by atoms with Gasteiger partial charge in [0, 0.05) is 38.6 Å². The number of nitrogens with zero attached hydrogens (tertiary/aromatic N) is 1. The molecule has 0 spiro atoms. The summed E-state index contributed by atoms with van der Waals surface area (Å²) >= 11 is 0. The molecule has 2 saturated heterocycles. The number of nitrogens with one attached hydrogen (secondary N) is 2. The predicted molar refractivity (Wildman–Crippen MR) is 59.7 cm³/mol. The van der Waals surface area contributed by atoms with Crippen LogP contribution in [0.3, 0.4) is 0 Å². The first-order chi connectivity index (χ1) is 7.25. The molecule has 0 aliphatic carbocycles. The van der Waals surface area contributed by atoms with E-state index in [1.54, 1.807) is 6.92 Å². The van der Waals surface area contributed by atoms with E-state index in [1.165, 1.54) is 6.42 Å². The molecule has 4 heteroatoms. The van der Waals surface area contributed by atoms with Crippen LogP contribution in [0.2, 0.25) is 0 Å². The van der Waals surface area contributed by atoms with E-state index in [-0.39, 0.29) is 5.91 Å². The molecular weight excluding hydrogens is 190 g/mol. The largest absolute Gasteiger partial charge is 0.343 e. The van der Waals surface area contributed by atoms with Crippen molar-refractivity contribution in [3.8, 4) is 0 Å². The lowest BCUT2D eigenvalue weighted by molar-refractivity contribution is -0.129. The highest BCUT2D eigenvalue weighted by molar-refractivity contribution is 5.73. The first-order valence-electron chi connectivity index (χ1n) is 5.98. The van der Waals surface area contributed by atoms with Crippen molar-refractivity contribution in [3.63, 3.8) is 0 Å². The Bertz CT molecular complexity index is 218. The highest BCUT2D eigenvalue weighted by Gasteiger charge is 2.23. The molecule has 2 heterocycles. The Labute approximate surface area is 91.4 Å². The van der Waals surface area contributed by atoms with Crippen molar-refractivity contribution in [3.05, 3.63) is 0 Å². The van der Waals surface area contributed by atoms with Gasteiger partial charge in [-0.25, -0.2) is 0 Å². The minimum atomic E-state index is 0.219. The van der Waals surface area contributed by atoms with Gasteiger partial charge in [-0.05, 0) is 25.8 Å². The van der Waals surface area contributed by atoms with E-state index in [0.717, 1.165) is 39.0 Å². The number of likely N-dealkylation sites (tertiary alicyclic amines) is 1. The second-order valence-electron chi connectivity index (χ2n) is 4.64. The summed E-state index contributed by atoms with van der Waals surface area (Å²) < 4.78 is 0. The average molecular weight is 211 g/mol. The lowest BCUT2D eigenvalue weighted by Crippen LogP contribution is -2.47. The molecule has 2 aliphatic rings. The van der Waals surface area contributed by atoms with Crippen LogP contribution in [-0.4, -0.2) is 49.1 Å². The summed E-state index contributed by atoms with van der Waals surface area (Å²) in [5.74, 6) is 0.219. The van der Waals surface area contributed by atoms with Crippen LogP contribution in [0.4, 0.5) is 0 Å². The third kappa shape index (κ3) is 2.92. The van der Waals surface area contributed by atoms with Crippen LogP contribution in [0.5, 0.6) is 0 Å². The predicted octanol–water partition coefficient (Wildman–Crippen LogP) is -0.0512. The van der Waals surface area contributed by atoms with Gasteiger partial charge in [-0.3, -0.25) is 4.79 Å². The van der Waals surface area contributed by atoms with Gasteiger partial charge in [-0.2, -0.15) is 0 Å². The van der Waals surface area contributed by atoms with E-state index in [2.05, 4.69) is 10.6 Å². The molecule has 1 amide bonds. The van der Waals surface area contributed by atoms with Crippen LogP contribution < -0.4 is 10.6 Å². The number of hydrogen-bond acceptors (Lipinski definition) is 3. The number of amides is 1. The summed E-state index contributed by atoms with van der Waals surface area (Å²) in [5, 5.41) is 7.04. The van der Waals surface area contributed by atoms with Gasteiger partial charge in [0.2, 0.25) is 5.91 Å². The highest BCUT2D eigenvalue weighted by Crippen LogP contribution is 2.12. The smallest absolute Gasteiger partial charge is 0.219 e. The third-order valence-electron chi connectivity index (χ3n) is 3.47. The fourth-order valence-corrected chi connectivity index (χ4v) is 2.49. The van der Waals surface area contributed by atoms with Gasteiger partial charge in [0.15, 0.2) is 0 Å². The van der Waals surface area contributed by atoms with E-state index in [4.69, 9.17) is 0 Å². The summed E-state index contributed by atoms with van der Waals surface area (Å²) in [6.45, 7) is 5.76. The molecule has 1 unspecified atom stereocenters. The van der Waals surface area contributed by atoms with Crippen LogP contribution in [0.25, 0.3) is 0 Å². The monoisotopic (exact) mass is 211 g/mol. The van der Waals surface area contributed by atoms with Gasteiger partial charge in [-0.1, -0.05) is 0 Å². The van der Waals surface area contributed by atoms with Gasteiger partial charge in [0.1, 0.15) is 0 Å². The molecule has 0 aromatic rings. The van der Waals surface area contributed by atoms with Crippen molar-refractivity contribution in [2.75, 3.05) is 26.2 Å². The Hall–Kier alpha value is -0.610. The number of rotatable bonds is 2. The molecule has 86 valence electrons. The first-order valence-corrected chi connectivity index (χ1v) is 5.98. The van der Waals surface area contributed by atoms with Crippen molar-refractivity contribution in [1.82, 2.24) is 15.5 Å². The van der Waals surface area contributed by atoms with Crippen LogP contribution in [0.15, 0.2) is 0 Å². The minimum absolute atomic E-state index is 0.219. The van der Waals surface area contributed by atoms with E-state index < -0.39 is 0 Å². The van der Waals surface area contributed by atoms with Gasteiger partial charge in [0.25, 0.3) is 0 Å². The van der Waals surface area contributed by atoms with E-state index in [1.807, 2.05) is 4.90 Å². The van der Waals surface area contributed by atoms with Crippen LogP contribution in [0.1, 0.15) is 26.2 Å². The fourth-order valence-electron chi connectivity index (χ4n) is 2.49. The van der Waals surface area contributed by atoms with Gasteiger partial charge >= 0.3 is 0 Å². The first kappa shape index (κ1) is 10.9. The molecule has 15 heavy (non-hydrogen) atoms. The maximum absolute atomic E-state index is 11.1. The van der Waals surface area contributed by atoms with E-state index in [0.29, 0.717) is 12.1 Å². The zero-order valence-corrected chi connectivity index (χ0v) is 9.46. The number of piperidine rings is 1. The Morgan fingerprint density at radius 1 is 1.27 bits per heavy atom. The topological polar surface area (TPSA) is 44.4 Å². The maximum atomic E-state index is 11.1. The zero-order chi connectivity index (χ0) is 10.7. The average Bonchev–Trinajstić information content (AvgIpc) is 2.71. The van der Waals surface area contributed by atoms with Crippen molar-refractivity contribution in [1.29, 1.82) is 0 Å². The normalized spacial score (nSPS) is 28.3. The lowest BCUT2D eigenvalue weighted by atomic mass is 10.0. The summed E-state index contributed by atoms with van der Waals surface area (Å²) in [6.07, 6.45) is 3.46. The molecule has 0 aromatic heterocycles. The van der Waals surface area contributed by atoms with Gasteiger partial charge in [-0.15, -0.1) is 0 Å². The van der Waals surface area contributed by atoms with Crippen LogP contribution >= 0.6 is 0 Å². The summed E-state index contributed by atoms with van der Waals surface area (Å²) in [4.78, 5) is 13.1. The molecule has 1 atom stereocenters. The molecule has 4 nitrogen and oxygen atoms in total. The highest BCUT2D eigenvalue weighted by atomic mass is 16.2. The van der Waals surface area contributed by atoms with Crippen molar-refractivity contribution < 1.29 is 4.79 Å². The molecule has 0 bridgehead atoms. The molecule has 0 aromatic carbocycles. The fraction of sp³-hybridized carbons (Fsp3) is 0.909. The standard InChI is InChI=1S/C11H21N3O/c1-9(15)14-6-3-10(4-7-14)13-11-2-5-12-8-11/h10-13H,2-8H2,1H3. The molecule has 0 saturated carbocycles. The van der Waals surface area contributed by atoms with Crippen molar-refractivity contribution >= 4 is 5.91 Å². The SMILES string of the molecule is CC(=O)N1CCC(NC2CCNC2)CC1. The Morgan fingerprint density at radius 3 is 2.53 bits per heavy atom. The zero-order valence-electron chi connectivity index (χ0n) is 9.46. The Morgan fingerprint density at radius 2 is 2.00 bits per heavy atom. The number of carbonyl (C=O) groups excluding carboxylic acids is 1. The molecule has 2 fully saturated rings. The molecule has 2 rings (SSSR count). The third-order valence-corrected chi connectivity index (χ3v) is 3.47. The quantitative estimate of drug-likeness (QED) is 0.673. The molecular formula is C11H21N3O. The van der Waals surface area contributed by atoms with Crippen molar-refractivity contribution in [2.45, 2.75) is 38.3 Å². The lowest BCUT2D eigenvalue weighted by Gasteiger charge is -2.33. The van der Waals surface area contributed by atoms with Crippen molar-refractivity contribution in [2.24, 2.45) is 0 Å². The summed E-state index contributed by atoms with van der Waals surface area (Å²) in [7, 11) is 0. The number of carbonyl (C=O) groups is 1. The van der Waals surface area contributed by atoms with E-state index in [9.17, 15) is 4.79 Å². The number of hydrogen-bond donors (Lipinski definition) is 2. The minimum Gasteiger partial charge on any atom is -0.343 e. The Kier molecular flexibility index (Phi) is 3.59. The van der Waals surface area contributed by atoms with Gasteiger partial charge < -0.3 is 15.5 Å². The second kappa shape index (κ2) is 4.94. The maximum Gasteiger partial charge on any atom is 0.219 e. The summed E-state index contributed by atoms with van der Waals surface area (Å²) in [6, 6.07) is 1.27.